The lowest BCUT2D eigenvalue weighted by molar-refractivity contribution is -0.139. The number of nitrogens with zero attached hydrogens (tertiary/aromatic N) is 4. The fraction of sp³-hybridized carbons (Fsp3) is 0.571. The molecule has 29 heavy (non-hydrogen) atoms. The average molecular weight is 432 g/mol. The summed E-state index contributed by atoms with van der Waals surface area (Å²) >= 11 is 0. The maximum absolute atomic E-state index is 15.8. The van der Waals surface area contributed by atoms with Crippen molar-refractivity contribution in [1.29, 1.82) is 0 Å². The van der Waals surface area contributed by atoms with Crippen LogP contribution in [0.15, 0.2) is 6.33 Å². The number of nitrogens with two attached hydrogens (primary N) is 2. The Morgan fingerprint density at radius 3 is 2.93 bits per heavy atom. The molecule has 2 aliphatic heterocycles. The number of fused-ring (bicyclic) bond motifs is 2. The van der Waals surface area contributed by atoms with Gasteiger partial charge in [-0.05, 0) is 13.8 Å². The van der Waals surface area contributed by atoms with E-state index in [1.54, 1.807) is 0 Å². The van der Waals surface area contributed by atoms with E-state index in [2.05, 4.69) is 20.0 Å². The third-order valence-electron chi connectivity index (χ3n) is 4.80. The van der Waals surface area contributed by atoms with Crippen molar-refractivity contribution in [1.82, 2.24) is 24.6 Å². The normalized spacial score (nSPS) is 35.5. The Balaban J connectivity index is 1.65. The second-order valence-electron chi connectivity index (χ2n) is 7.00. The van der Waals surface area contributed by atoms with Crippen molar-refractivity contribution in [2.75, 3.05) is 18.1 Å². The predicted molar refractivity (Wildman–Crippen MR) is 97.8 cm³/mol. The number of aromatic nitrogens is 4. The number of anilines is 2. The maximum Gasteiger partial charge on any atom is 0.500 e. The van der Waals surface area contributed by atoms with Gasteiger partial charge in [0.05, 0.1) is 6.33 Å². The van der Waals surface area contributed by atoms with Crippen molar-refractivity contribution in [3.63, 3.8) is 0 Å². The third-order valence-corrected chi connectivity index (χ3v) is 6.52. The largest absolute Gasteiger partial charge is 0.500 e. The van der Waals surface area contributed by atoms with Gasteiger partial charge in [0.2, 0.25) is 5.95 Å². The van der Waals surface area contributed by atoms with Gasteiger partial charge in [-0.3, -0.25) is 9.36 Å². The number of nitrogens with one attached hydrogen (secondary N) is 1. The Labute approximate surface area is 163 Å². The van der Waals surface area contributed by atoms with Crippen molar-refractivity contribution in [3.8, 4) is 0 Å². The molecule has 0 spiro atoms. The van der Waals surface area contributed by atoms with Crippen LogP contribution in [0.4, 0.5) is 16.2 Å². The van der Waals surface area contributed by atoms with Crippen LogP contribution in [0.2, 0.25) is 0 Å². The summed E-state index contributed by atoms with van der Waals surface area (Å²) in [4.78, 5) is 33.5. The van der Waals surface area contributed by atoms with Gasteiger partial charge >= 0.3 is 14.1 Å². The van der Waals surface area contributed by atoms with Gasteiger partial charge in [-0.2, -0.15) is 23.9 Å². The molecule has 0 radical (unpaired) electrons. The average Bonchev–Trinajstić information content (AvgIpc) is 3.13. The van der Waals surface area contributed by atoms with Gasteiger partial charge in [-0.1, -0.05) is 0 Å². The van der Waals surface area contributed by atoms with Gasteiger partial charge in [-0.15, -0.1) is 5.09 Å². The van der Waals surface area contributed by atoms with Crippen LogP contribution in [0.1, 0.15) is 20.1 Å². The number of carbonyl (C=O) groups is 1. The van der Waals surface area contributed by atoms with Crippen molar-refractivity contribution >= 4 is 37.0 Å². The maximum atomic E-state index is 15.8. The van der Waals surface area contributed by atoms with E-state index < -0.39 is 44.2 Å². The molecule has 0 saturated carbocycles. The number of imidazole rings is 1. The van der Waals surface area contributed by atoms with Crippen LogP contribution < -0.4 is 16.6 Å². The van der Waals surface area contributed by atoms with Crippen LogP contribution in [-0.2, 0) is 18.6 Å². The molecular weight excluding hydrogens is 412 g/mol. The topological polar surface area (TPSA) is 193 Å². The highest BCUT2D eigenvalue weighted by Crippen LogP contribution is 2.62. The second kappa shape index (κ2) is 6.65. The van der Waals surface area contributed by atoms with E-state index in [4.69, 9.17) is 30.4 Å². The van der Waals surface area contributed by atoms with Crippen molar-refractivity contribution in [2.45, 2.75) is 44.0 Å². The molecule has 2 aromatic heterocycles. The van der Waals surface area contributed by atoms with Gasteiger partial charge in [0, 0.05) is 0 Å². The van der Waals surface area contributed by atoms with E-state index in [0.29, 0.717) is 0 Å². The molecule has 0 aliphatic carbocycles. The number of carboxylic acids is 1. The van der Waals surface area contributed by atoms with Gasteiger partial charge in [0.15, 0.2) is 29.5 Å². The quantitative estimate of drug-likeness (QED) is 0.399. The van der Waals surface area contributed by atoms with Crippen LogP contribution in [0.3, 0.4) is 0 Å². The number of carboxylic acid groups (broad SMARTS) is 1. The van der Waals surface area contributed by atoms with Crippen molar-refractivity contribution < 1.29 is 33.0 Å². The van der Waals surface area contributed by atoms with Crippen LogP contribution in [0, 0.1) is 0 Å². The lowest BCUT2D eigenvalue weighted by Gasteiger charge is -2.32. The standard InChI is InChI=1S/C14H19FN7O6P/c1-5(11(23)24)21-29(25)26-3-6-8(28-29)14(2,15)12(27-6)22-4-18-7-9(16)19-13(17)20-10(7)22/h4-6,8,12,21,25H,3H2,1-2H3,(H4-,16,17,19,20,23,24)/p+1/t5?,6-,8-,12-,14-,29?/m1/s1. The summed E-state index contributed by atoms with van der Waals surface area (Å²) < 4.78 is 33.7. The zero-order chi connectivity index (χ0) is 21.1. The predicted octanol–water partition coefficient (Wildman–Crippen LogP) is -0.236. The molecule has 2 fully saturated rings. The number of rotatable bonds is 4. The van der Waals surface area contributed by atoms with Crippen LogP contribution in [0.5, 0.6) is 0 Å². The second-order valence-corrected chi connectivity index (χ2v) is 8.77. The fourth-order valence-corrected chi connectivity index (χ4v) is 5.16. The number of hydrogen-bond acceptors (Lipinski definition) is 11. The van der Waals surface area contributed by atoms with E-state index >= 15 is 4.39 Å². The summed E-state index contributed by atoms with van der Waals surface area (Å²) in [6, 6.07) is -1.17. The smallest absolute Gasteiger partial charge is 0.480 e. The Morgan fingerprint density at radius 1 is 1.52 bits per heavy atom. The first-order chi connectivity index (χ1) is 13.5. The molecule has 4 heterocycles. The molecule has 7 N–H and O–H groups in total. The first kappa shape index (κ1) is 20.1. The minimum absolute atomic E-state index is 0.0361. The lowest BCUT2D eigenvalue weighted by atomic mass is 9.98. The molecule has 2 aliphatic rings. The molecule has 6 atom stereocenters. The molecule has 4 rings (SSSR count). The number of halogens is 1. The molecule has 2 unspecified atom stereocenters. The highest BCUT2D eigenvalue weighted by molar-refractivity contribution is 7.58. The number of nitrogen functional groups attached to an aromatic ring is 2. The molecule has 2 saturated heterocycles. The van der Waals surface area contributed by atoms with E-state index in [9.17, 15) is 9.69 Å². The van der Waals surface area contributed by atoms with E-state index in [1.165, 1.54) is 24.7 Å². The lowest BCUT2D eigenvalue weighted by Crippen LogP contribution is -2.48. The Hall–Kier alpha value is -2.22. The van der Waals surface area contributed by atoms with Gasteiger partial charge in [-0.25, -0.2) is 9.37 Å². The summed E-state index contributed by atoms with van der Waals surface area (Å²) in [6.45, 7) is 2.32. The zero-order valence-electron chi connectivity index (χ0n) is 15.4. The monoisotopic (exact) mass is 432 g/mol. The summed E-state index contributed by atoms with van der Waals surface area (Å²) in [5, 5.41) is 11.4. The zero-order valence-corrected chi connectivity index (χ0v) is 16.3. The highest BCUT2D eigenvalue weighted by Gasteiger charge is 2.66. The van der Waals surface area contributed by atoms with Crippen molar-refractivity contribution in [3.05, 3.63) is 6.33 Å². The van der Waals surface area contributed by atoms with Gasteiger partial charge in [0.1, 0.15) is 24.3 Å². The summed E-state index contributed by atoms with van der Waals surface area (Å²) in [5.41, 5.74) is 9.66. The molecule has 13 nitrogen and oxygen atoms in total. The number of alkyl halides is 1. The van der Waals surface area contributed by atoms with Crippen LogP contribution in [0.25, 0.3) is 11.2 Å². The summed E-state index contributed by atoms with van der Waals surface area (Å²) in [7, 11) is -3.83. The van der Waals surface area contributed by atoms with Crippen LogP contribution in [-0.4, -0.2) is 66.0 Å². The fourth-order valence-electron chi connectivity index (χ4n) is 3.36. The minimum Gasteiger partial charge on any atom is -0.480 e. The van der Waals surface area contributed by atoms with Crippen LogP contribution >= 0.6 is 8.09 Å². The molecule has 15 heteroatoms. The Bertz CT molecular complexity index is 975. The summed E-state index contributed by atoms with van der Waals surface area (Å²) in [6.07, 6.45) is -2.07. The molecule has 0 aromatic carbocycles. The summed E-state index contributed by atoms with van der Waals surface area (Å²) in [5.74, 6) is -1.30. The number of ether oxygens (including phenoxy) is 1. The van der Waals surface area contributed by atoms with Gasteiger partial charge in [0.25, 0.3) is 0 Å². The number of hydrogen-bond donors (Lipinski definition) is 5. The molecule has 158 valence electrons. The van der Waals surface area contributed by atoms with E-state index in [-0.39, 0.29) is 29.5 Å². The molecule has 0 amide bonds. The first-order valence-electron chi connectivity index (χ1n) is 8.57. The molecule has 2 aromatic rings. The SMILES string of the molecule is CC(N[P+]1(O)OC[C@H]2O[C@@H](n3cnc4c(N)nc(N)nc43)[C@](C)(F)[C@@H]2O1)C(=O)O. The van der Waals surface area contributed by atoms with Gasteiger partial charge < -0.3 is 21.3 Å². The first-order valence-corrected chi connectivity index (χ1v) is 10.1. The van der Waals surface area contributed by atoms with E-state index in [1.807, 2.05) is 0 Å². The molecular formula is C14H20FN7O6P+. The highest BCUT2D eigenvalue weighted by atomic mass is 31.2. The Kier molecular flexibility index (Phi) is 4.60. The molecule has 0 bridgehead atoms. The van der Waals surface area contributed by atoms with E-state index in [0.717, 1.165) is 0 Å². The Morgan fingerprint density at radius 2 is 2.24 bits per heavy atom. The van der Waals surface area contributed by atoms with Crippen molar-refractivity contribution in [2.24, 2.45) is 0 Å². The third kappa shape index (κ3) is 3.27. The minimum atomic E-state index is -3.83. The number of aliphatic carboxylic acids is 1.